The van der Waals surface area contributed by atoms with Crippen molar-refractivity contribution >= 4 is 0 Å². The largest absolute Gasteiger partial charge is 3.00 e. The van der Waals surface area contributed by atoms with E-state index in [9.17, 15) is 0 Å². The van der Waals surface area contributed by atoms with E-state index >= 15 is 0 Å². The Hall–Kier alpha value is -2.06. The number of quaternary nitrogens is 1. The summed E-state index contributed by atoms with van der Waals surface area (Å²) < 4.78 is 0. The van der Waals surface area contributed by atoms with E-state index in [0.717, 1.165) is 0 Å². The fourth-order valence-electron chi connectivity index (χ4n) is 0. The molecule has 0 aliphatic rings. The van der Waals surface area contributed by atoms with E-state index in [1.807, 2.05) is 0 Å². The summed E-state index contributed by atoms with van der Waals surface area (Å²) in [6, 6.07) is 0. The van der Waals surface area contributed by atoms with Crippen LogP contribution in [0.2, 0.25) is 0 Å². The summed E-state index contributed by atoms with van der Waals surface area (Å²) in [6.07, 6.45) is 0. The number of rotatable bonds is 0. The van der Waals surface area contributed by atoms with Crippen molar-refractivity contribution in [1.29, 1.82) is 31.6 Å². The SMILES string of the molecule is [C-]#N.[C-]#N.[C-]#N.[C-]#N.[C-]#N.[C-]#N.[Fe+2].[Fe+3].[NH4+]. The molecule has 4 N–H and O–H groups in total. The molecule has 15 heavy (non-hydrogen) atoms. The van der Waals surface area contributed by atoms with Crippen LogP contribution < -0.4 is 6.15 Å². The second kappa shape index (κ2) is 336. The molecule has 0 atom stereocenters. The topological polar surface area (TPSA) is 179 Å². The van der Waals surface area contributed by atoms with Crippen LogP contribution in [0.1, 0.15) is 0 Å². The third-order valence-corrected chi connectivity index (χ3v) is 0. The molecule has 7 nitrogen and oxygen atoms in total. The predicted octanol–water partition coefficient (Wildman–Crippen LogP) is 0.949. The monoisotopic (exact) mass is 286 g/mol. The molecule has 0 unspecified atom stereocenters. The summed E-state index contributed by atoms with van der Waals surface area (Å²) in [5.74, 6) is 0. The van der Waals surface area contributed by atoms with Gasteiger partial charge in [0.15, 0.2) is 0 Å². The van der Waals surface area contributed by atoms with Crippen molar-refractivity contribution in [2.75, 3.05) is 0 Å². The average Bonchev–Trinajstić information content (AvgIpc) is 2.33. The number of hydrogen-bond donors (Lipinski definition) is 1. The Balaban J connectivity index is -0.00000000396. The van der Waals surface area contributed by atoms with Gasteiger partial charge in [-0.15, -0.1) is 0 Å². The maximum absolute atomic E-state index is 6.25. The number of nitrogens with zero attached hydrogens (tertiary/aromatic N) is 6. The average molecular weight is 286 g/mol. The van der Waals surface area contributed by atoms with Gasteiger partial charge in [0.2, 0.25) is 0 Å². The quantitative estimate of drug-likeness (QED) is 0.510. The summed E-state index contributed by atoms with van der Waals surface area (Å²) >= 11 is 0. The summed E-state index contributed by atoms with van der Waals surface area (Å²) in [7, 11) is 0. The predicted molar refractivity (Wildman–Crippen MR) is 35.8 cm³/mol. The van der Waals surface area contributed by atoms with E-state index in [-0.39, 0.29) is 40.3 Å². The Kier molecular flexibility index (Phi) is 2670. The second-order valence-corrected chi connectivity index (χ2v) is 0. The summed E-state index contributed by atoms with van der Waals surface area (Å²) in [5.41, 5.74) is 0. The molecule has 0 aliphatic heterocycles. The van der Waals surface area contributed by atoms with E-state index in [1.54, 1.807) is 0 Å². The molecule has 0 heterocycles. The molecular weight excluding hydrogens is 282 g/mol. The van der Waals surface area contributed by atoms with Crippen LogP contribution in [0.3, 0.4) is 0 Å². The van der Waals surface area contributed by atoms with Crippen molar-refractivity contribution in [3.63, 3.8) is 0 Å². The van der Waals surface area contributed by atoms with Crippen LogP contribution in [0.25, 0.3) is 0 Å². The van der Waals surface area contributed by atoms with E-state index < -0.39 is 0 Å². The summed E-state index contributed by atoms with van der Waals surface area (Å²) in [5, 5.41) is 37.5. The minimum Gasteiger partial charge on any atom is -0.512 e. The van der Waals surface area contributed by atoms with Crippen LogP contribution in [0.15, 0.2) is 0 Å². The molecule has 0 bridgehead atoms. The van der Waals surface area contributed by atoms with Crippen LogP contribution in [-0.2, 0) is 34.1 Å². The third kappa shape index (κ3) is 278. The van der Waals surface area contributed by atoms with Gasteiger partial charge in [-0.3, -0.25) is 0 Å². The Labute approximate surface area is 111 Å². The fourth-order valence-corrected chi connectivity index (χ4v) is 0. The Morgan fingerprint density at radius 1 is 0.400 bits per heavy atom. The Morgan fingerprint density at radius 3 is 0.400 bits per heavy atom. The Bertz CT molecular complexity index is 96.5. The van der Waals surface area contributed by atoms with Gasteiger partial charge < -0.3 is 77.2 Å². The molecule has 0 aromatic rings. The molecule has 0 rings (SSSR count). The molecular formula is C6H4Fe2N7. The van der Waals surface area contributed by atoms with Crippen LogP contribution >= 0.6 is 0 Å². The van der Waals surface area contributed by atoms with Gasteiger partial charge in [0, 0.05) is 0 Å². The zero-order valence-electron chi connectivity index (χ0n) is 7.39. The van der Waals surface area contributed by atoms with Gasteiger partial charge in [0.05, 0.1) is 0 Å². The van der Waals surface area contributed by atoms with Crippen molar-refractivity contribution in [3.05, 3.63) is 39.4 Å². The van der Waals surface area contributed by atoms with Gasteiger partial charge in [0.25, 0.3) is 0 Å². The van der Waals surface area contributed by atoms with Crippen molar-refractivity contribution in [3.8, 4) is 0 Å². The van der Waals surface area contributed by atoms with Crippen LogP contribution in [0, 0.1) is 71.0 Å². The van der Waals surface area contributed by atoms with Crippen molar-refractivity contribution < 1.29 is 34.1 Å². The zero-order chi connectivity index (χ0) is 12.0. The van der Waals surface area contributed by atoms with Crippen molar-refractivity contribution in [2.24, 2.45) is 0 Å². The molecule has 1 radical (unpaired) electrons. The molecule has 0 amide bonds. The third-order valence-electron chi connectivity index (χ3n) is 0. The molecule has 0 aromatic carbocycles. The van der Waals surface area contributed by atoms with Crippen molar-refractivity contribution in [2.45, 2.75) is 0 Å². The molecule has 0 aromatic heterocycles. The van der Waals surface area contributed by atoms with Gasteiger partial charge in [0.1, 0.15) is 0 Å². The number of hydrogen-bond acceptors (Lipinski definition) is 6. The molecule has 9 heteroatoms. The van der Waals surface area contributed by atoms with E-state index in [2.05, 4.69) is 0 Å². The molecule has 0 spiro atoms. The zero-order valence-corrected chi connectivity index (χ0v) is 9.60. The van der Waals surface area contributed by atoms with Gasteiger partial charge in [-0.1, -0.05) is 0 Å². The minimum absolute atomic E-state index is 0. The molecule has 79 valence electrons. The molecule has 0 aliphatic carbocycles. The first kappa shape index (κ1) is 119. The fraction of sp³-hybridized carbons (Fsp3) is 0. The van der Waals surface area contributed by atoms with Crippen LogP contribution in [0.4, 0.5) is 0 Å². The maximum atomic E-state index is 6.25. The maximum Gasteiger partial charge on any atom is 3.00 e. The first-order valence-corrected chi connectivity index (χ1v) is 1.34. The van der Waals surface area contributed by atoms with Gasteiger partial charge >= 0.3 is 34.1 Å². The molecule has 0 saturated heterocycles. The minimum atomic E-state index is 0. The van der Waals surface area contributed by atoms with Crippen molar-refractivity contribution in [1.82, 2.24) is 6.15 Å². The van der Waals surface area contributed by atoms with Crippen LogP contribution in [-0.4, -0.2) is 0 Å². The standard InChI is InChI=1S/6CN.2Fe.H3N/c6*1-2;;;/h;;;;;;;;1H3/q6*-1;+2;+3;/p+1. The second-order valence-electron chi connectivity index (χ2n) is 0. The molecule has 0 saturated carbocycles. The smallest absolute Gasteiger partial charge is 0.512 e. The van der Waals surface area contributed by atoms with Crippen LogP contribution in [0.5, 0.6) is 0 Å². The Morgan fingerprint density at radius 2 is 0.400 bits per heavy atom. The summed E-state index contributed by atoms with van der Waals surface area (Å²) in [6.45, 7) is 28.5. The van der Waals surface area contributed by atoms with E-state index in [1.165, 1.54) is 0 Å². The first-order chi connectivity index (χ1) is 6.00. The van der Waals surface area contributed by atoms with E-state index in [4.69, 9.17) is 71.0 Å². The summed E-state index contributed by atoms with van der Waals surface area (Å²) in [4.78, 5) is 0. The van der Waals surface area contributed by atoms with Gasteiger partial charge in [-0.05, 0) is 0 Å². The van der Waals surface area contributed by atoms with E-state index in [0.29, 0.717) is 0 Å². The van der Waals surface area contributed by atoms with Gasteiger partial charge in [-0.2, -0.15) is 0 Å². The molecule has 0 fully saturated rings. The van der Waals surface area contributed by atoms with Gasteiger partial charge in [-0.25, -0.2) is 0 Å². The normalized spacial score (nSPS) is 0.800. The first-order valence-electron chi connectivity index (χ1n) is 1.34.